The SMILES string of the molecule is CCN1C(=O)/C(=C/c2ccc(OCC(=O)O)c(OC)c2)NC1=S. The maximum absolute atomic E-state index is 12.1. The lowest BCUT2D eigenvalue weighted by molar-refractivity contribution is -0.139. The van der Waals surface area contributed by atoms with Crippen LogP contribution in [0.25, 0.3) is 6.08 Å². The highest BCUT2D eigenvalue weighted by Crippen LogP contribution is 2.29. The third-order valence-corrected chi connectivity index (χ3v) is 3.45. The van der Waals surface area contributed by atoms with E-state index in [-0.39, 0.29) is 5.91 Å². The molecule has 0 saturated carbocycles. The predicted molar refractivity (Wildman–Crippen MR) is 87.2 cm³/mol. The van der Waals surface area contributed by atoms with Crippen LogP contribution in [0, 0.1) is 0 Å². The third-order valence-electron chi connectivity index (χ3n) is 3.13. The lowest BCUT2D eigenvalue weighted by atomic mass is 10.1. The molecule has 0 unspecified atom stereocenters. The Labute approximate surface area is 138 Å². The zero-order valence-corrected chi connectivity index (χ0v) is 13.5. The summed E-state index contributed by atoms with van der Waals surface area (Å²) in [7, 11) is 1.45. The number of hydrogen-bond donors (Lipinski definition) is 2. The first-order chi connectivity index (χ1) is 11.0. The molecule has 1 aromatic rings. The minimum absolute atomic E-state index is 0.192. The second-order valence-corrected chi connectivity index (χ2v) is 5.02. The Kier molecular flexibility index (Phi) is 5.17. The van der Waals surface area contributed by atoms with Gasteiger partial charge in [-0.2, -0.15) is 0 Å². The summed E-state index contributed by atoms with van der Waals surface area (Å²) < 4.78 is 10.3. The molecule has 0 aromatic heterocycles. The average molecular weight is 336 g/mol. The topological polar surface area (TPSA) is 88.1 Å². The van der Waals surface area contributed by atoms with E-state index in [1.54, 1.807) is 24.3 Å². The zero-order valence-electron chi connectivity index (χ0n) is 12.7. The number of methoxy groups -OCH3 is 1. The van der Waals surface area contributed by atoms with Gasteiger partial charge in [0.15, 0.2) is 23.2 Å². The number of rotatable bonds is 6. The van der Waals surface area contributed by atoms with Crippen molar-refractivity contribution in [3.05, 3.63) is 29.5 Å². The minimum atomic E-state index is -1.08. The molecule has 0 radical (unpaired) electrons. The summed E-state index contributed by atoms with van der Waals surface area (Å²) in [6.07, 6.45) is 1.65. The van der Waals surface area contributed by atoms with Gasteiger partial charge in [0, 0.05) is 6.54 Å². The number of carbonyl (C=O) groups is 2. The third kappa shape index (κ3) is 3.78. The van der Waals surface area contributed by atoms with Crippen LogP contribution in [0.4, 0.5) is 0 Å². The van der Waals surface area contributed by atoms with E-state index >= 15 is 0 Å². The number of amides is 1. The molecule has 2 N–H and O–H groups in total. The molecule has 0 spiro atoms. The van der Waals surface area contributed by atoms with E-state index < -0.39 is 12.6 Å². The smallest absolute Gasteiger partial charge is 0.341 e. The highest BCUT2D eigenvalue weighted by atomic mass is 32.1. The number of thiocarbonyl (C=S) groups is 1. The molecule has 1 aromatic carbocycles. The number of benzene rings is 1. The van der Waals surface area contributed by atoms with E-state index in [1.165, 1.54) is 12.0 Å². The van der Waals surface area contributed by atoms with Gasteiger partial charge >= 0.3 is 5.97 Å². The highest BCUT2D eigenvalue weighted by Gasteiger charge is 2.29. The number of nitrogens with one attached hydrogen (secondary N) is 1. The van der Waals surface area contributed by atoms with Crippen LogP contribution in [0.2, 0.25) is 0 Å². The van der Waals surface area contributed by atoms with Gasteiger partial charge in [-0.1, -0.05) is 6.07 Å². The maximum atomic E-state index is 12.1. The van der Waals surface area contributed by atoms with Gasteiger partial charge in [-0.25, -0.2) is 4.79 Å². The van der Waals surface area contributed by atoms with E-state index in [0.717, 1.165) is 0 Å². The van der Waals surface area contributed by atoms with Crippen molar-refractivity contribution in [1.29, 1.82) is 0 Å². The van der Waals surface area contributed by atoms with E-state index in [2.05, 4.69) is 5.32 Å². The van der Waals surface area contributed by atoms with Crippen molar-refractivity contribution in [2.24, 2.45) is 0 Å². The summed E-state index contributed by atoms with van der Waals surface area (Å²) in [6.45, 7) is 1.87. The Hall–Kier alpha value is -2.61. The maximum Gasteiger partial charge on any atom is 0.341 e. The van der Waals surface area contributed by atoms with E-state index in [1.807, 2.05) is 6.92 Å². The van der Waals surface area contributed by atoms with Gasteiger partial charge in [0.2, 0.25) is 0 Å². The average Bonchev–Trinajstić information content (AvgIpc) is 2.79. The predicted octanol–water partition coefficient (Wildman–Crippen LogP) is 1.24. The molecule has 2 rings (SSSR count). The number of aliphatic carboxylic acids is 1. The van der Waals surface area contributed by atoms with Crippen LogP contribution in [0.3, 0.4) is 0 Å². The number of likely N-dealkylation sites (N-methyl/N-ethyl adjacent to an activating group) is 1. The largest absolute Gasteiger partial charge is 0.493 e. The Morgan fingerprint density at radius 3 is 2.74 bits per heavy atom. The molecular formula is C15H16N2O5S. The summed E-state index contributed by atoms with van der Waals surface area (Å²) in [6, 6.07) is 4.93. The molecule has 0 bridgehead atoms. The summed E-state index contributed by atoms with van der Waals surface area (Å²) in [4.78, 5) is 24.2. The molecule has 1 aliphatic rings. The van der Waals surface area contributed by atoms with Crippen molar-refractivity contribution in [3.63, 3.8) is 0 Å². The molecular weight excluding hydrogens is 320 g/mol. The van der Waals surface area contributed by atoms with Gasteiger partial charge in [-0.15, -0.1) is 0 Å². The van der Waals surface area contributed by atoms with Gasteiger partial charge < -0.3 is 19.9 Å². The Balaban J connectivity index is 2.24. The standard InChI is InChI=1S/C15H16N2O5S/c1-3-17-14(20)10(16-15(17)23)6-9-4-5-11(12(7-9)21-2)22-8-13(18)19/h4-7H,3,8H2,1-2H3,(H,16,23)(H,18,19)/b10-6-. The van der Waals surface area contributed by atoms with Crippen LogP contribution in [0.5, 0.6) is 11.5 Å². The molecule has 1 fully saturated rings. The van der Waals surface area contributed by atoms with Gasteiger partial charge in [-0.3, -0.25) is 9.69 Å². The van der Waals surface area contributed by atoms with Crippen molar-refractivity contribution in [3.8, 4) is 11.5 Å². The fourth-order valence-corrected chi connectivity index (χ4v) is 2.38. The Morgan fingerprint density at radius 2 is 2.17 bits per heavy atom. The molecule has 23 heavy (non-hydrogen) atoms. The zero-order chi connectivity index (χ0) is 17.0. The van der Waals surface area contributed by atoms with Crippen LogP contribution in [0.15, 0.2) is 23.9 Å². The van der Waals surface area contributed by atoms with Gasteiger partial charge in [0.05, 0.1) is 7.11 Å². The molecule has 1 heterocycles. The number of carboxylic acid groups (broad SMARTS) is 1. The van der Waals surface area contributed by atoms with Crippen LogP contribution in [-0.2, 0) is 9.59 Å². The van der Waals surface area contributed by atoms with E-state index in [4.69, 9.17) is 26.8 Å². The molecule has 8 heteroatoms. The molecule has 1 amide bonds. The normalized spacial score (nSPS) is 15.7. The van der Waals surface area contributed by atoms with Gasteiger partial charge in [0.25, 0.3) is 5.91 Å². The fourth-order valence-electron chi connectivity index (χ4n) is 2.06. The second kappa shape index (κ2) is 7.10. The van der Waals surface area contributed by atoms with Gasteiger partial charge in [-0.05, 0) is 42.9 Å². The minimum Gasteiger partial charge on any atom is -0.493 e. The quantitative estimate of drug-likeness (QED) is 0.597. The molecule has 7 nitrogen and oxygen atoms in total. The first kappa shape index (κ1) is 16.8. The van der Waals surface area contributed by atoms with Crippen LogP contribution in [0.1, 0.15) is 12.5 Å². The molecule has 122 valence electrons. The monoisotopic (exact) mass is 336 g/mol. The number of hydrogen-bond acceptors (Lipinski definition) is 5. The van der Waals surface area contributed by atoms with Crippen molar-refractivity contribution in [2.75, 3.05) is 20.3 Å². The van der Waals surface area contributed by atoms with Crippen molar-refractivity contribution in [1.82, 2.24) is 10.2 Å². The number of carboxylic acids is 1. The summed E-state index contributed by atoms with van der Waals surface area (Å²) >= 11 is 5.09. The van der Waals surface area contributed by atoms with E-state index in [9.17, 15) is 9.59 Å². The van der Waals surface area contributed by atoms with Crippen LogP contribution < -0.4 is 14.8 Å². The first-order valence-corrected chi connectivity index (χ1v) is 7.24. The highest BCUT2D eigenvalue weighted by molar-refractivity contribution is 7.80. The van der Waals surface area contributed by atoms with Crippen LogP contribution in [-0.4, -0.2) is 47.3 Å². The first-order valence-electron chi connectivity index (χ1n) is 6.83. The summed E-state index contributed by atoms with van der Waals surface area (Å²) in [5.74, 6) is -0.579. The Bertz CT molecular complexity index is 686. The molecule has 1 aliphatic heterocycles. The molecule has 0 aliphatic carbocycles. The Morgan fingerprint density at radius 1 is 1.43 bits per heavy atom. The summed E-state index contributed by atoms with van der Waals surface area (Å²) in [5.41, 5.74) is 1.07. The lowest BCUT2D eigenvalue weighted by Gasteiger charge is -2.10. The fraction of sp³-hybridized carbons (Fsp3) is 0.267. The van der Waals surface area contributed by atoms with Crippen molar-refractivity contribution >= 4 is 35.3 Å². The lowest BCUT2D eigenvalue weighted by Crippen LogP contribution is -2.30. The van der Waals surface area contributed by atoms with E-state index in [0.29, 0.717) is 34.4 Å². The van der Waals surface area contributed by atoms with Crippen LogP contribution >= 0.6 is 12.2 Å². The van der Waals surface area contributed by atoms with Crippen molar-refractivity contribution < 1.29 is 24.2 Å². The second-order valence-electron chi connectivity index (χ2n) is 4.63. The van der Waals surface area contributed by atoms with Crippen molar-refractivity contribution in [2.45, 2.75) is 6.92 Å². The molecule has 0 atom stereocenters. The number of nitrogens with zero attached hydrogens (tertiary/aromatic N) is 1. The molecule has 1 saturated heterocycles. The van der Waals surface area contributed by atoms with Gasteiger partial charge in [0.1, 0.15) is 5.70 Å². The number of ether oxygens (including phenoxy) is 2. The number of carbonyl (C=O) groups excluding carboxylic acids is 1. The summed E-state index contributed by atoms with van der Waals surface area (Å²) in [5, 5.41) is 11.9.